The molecule has 0 radical (unpaired) electrons. The van der Waals surface area contributed by atoms with E-state index in [0.29, 0.717) is 57.3 Å². The highest BCUT2D eigenvalue weighted by Crippen LogP contribution is 2.46. The van der Waals surface area contributed by atoms with Crippen LogP contribution in [0, 0.1) is 35.2 Å². The van der Waals surface area contributed by atoms with Crippen molar-refractivity contribution in [1.29, 1.82) is 0 Å². The van der Waals surface area contributed by atoms with Crippen LogP contribution < -0.4 is 5.32 Å². The molecule has 5 nitrogen and oxygen atoms in total. The van der Waals surface area contributed by atoms with Crippen LogP contribution in [-0.2, 0) is 0 Å². The van der Waals surface area contributed by atoms with Crippen LogP contribution in [0.2, 0.25) is 0 Å². The maximum absolute atomic E-state index is 14.0. The summed E-state index contributed by atoms with van der Waals surface area (Å²) in [5, 5.41) is 4.20. The van der Waals surface area contributed by atoms with E-state index in [1.54, 1.807) is 12.3 Å². The molecule has 174 valence electrons. The highest BCUT2D eigenvalue weighted by Gasteiger charge is 2.41. The maximum Gasteiger partial charge on any atom is 0.164 e. The summed E-state index contributed by atoms with van der Waals surface area (Å²) < 4.78 is 41.6. The second kappa shape index (κ2) is 8.11. The number of H-pyrrole nitrogens is 1. The minimum Gasteiger partial charge on any atom is -0.367 e. The van der Waals surface area contributed by atoms with Crippen LogP contribution >= 0.6 is 0 Å². The molecule has 2 unspecified atom stereocenters. The molecular weight excluding hydrogens is 439 g/mol. The van der Waals surface area contributed by atoms with Crippen LogP contribution in [0.15, 0.2) is 42.7 Å². The first kappa shape index (κ1) is 21.1. The largest absolute Gasteiger partial charge is 0.367 e. The lowest BCUT2D eigenvalue weighted by atomic mass is 9.62. The Morgan fingerprint density at radius 1 is 0.941 bits per heavy atom. The van der Waals surface area contributed by atoms with Gasteiger partial charge in [-0.1, -0.05) is 6.92 Å². The molecule has 4 aromatic rings. The number of hydrogen-bond acceptors (Lipinski definition) is 4. The van der Waals surface area contributed by atoms with E-state index in [-0.39, 0.29) is 6.04 Å². The van der Waals surface area contributed by atoms with Gasteiger partial charge in [-0.15, -0.1) is 0 Å². The second-order valence-electron chi connectivity index (χ2n) is 9.55. The Morgan fingerprint density at radius 3 is 2.50 bits per heavy atom. The first-order valence-corrected chi connectivity index (χ1v) is 11.7. The summed E-state index contributed by atoms with van der Waals surface area (Å²) in [7, 11) is 0. The molecule has 2 atom stereocenters. The molecule has 2 bridgehead atoms. The summed E-state index contributed by atoms with van der Waals surface area (Å²) >= 11 is 0. The molecule has 8 heteroatoms. The lowest BCUT2D eigenvalue weighted by Gasteiger charge is -2.47. The number of rotatable bonds is 4. The van der Waals surface area contributed by atoms with Crippen molar-refractivity contribution < 1.29 is 13.2 Å². The summed E-state index contributed by atoms with van der Waals surface area (Å²) in [6.07, 6.45) is 7.78. The number of benzene rings is 1. The number of fused-ring (bicyclic) bond motifs is 4. The Morgan fingerprint density at radius 2 is 1.74 bits per heavy atom. The van der Waals surface area contributed by atoms with Gasteiger partial charge in [0.25, 0.3) is 0 Å². The van der Waals surface area contributed by atoms with E-state index < -0.39 is 17.5 Å². The number of pyridine rings is 1. The van der Waals surface area contributed by atoms with Gasteiger partial charge in [0, 0.05) is 34.8 Å². The molecule has 7 rings (SSSR count). The zero-order valence-electron chi connectivity index (χ0n) is 18.7. The third-order valence-electron chi connectivity index (χ3n) is 7.63. The van der Waals surface area contributed by atoms with Crippen molar-refractivity contribution in [3.8, 4) is 22.6 Å². The van der Waals surface area contributed by atoms with Crippen molar-refractivity contribution in [2.75, 3.05) is 5.32 Å². The molecule has 3 saturated carbocycles. The van der Waals surface area contributed by atoms with Gasteiger partial charge in [-0.05, 0) is 67.7 Å². The van der Waals surface area contributed by atoms with Crippen LogP contribution in [0.3, 0.4) is 0 Å². The van der Waals surface area contributed by atoms with E-state index in [4.69, 9.17) is 4.98 Å². The molecule has 3 aliphatic carbocycles. The maximum atomic E-state index is 14.0. The van der Waals surface area contributed by atoms with Gasteiger partial charge in [-0.25, -0.2) is 28.1 Å². The molecule has 3 aromatic heterocycles. The molecule has 3 heterocycles. The van der Waals surface area contributed by atoms with Crippen molar-refractivity contribution in [3.63, 3.8) is 0 Å². The summed E-state index contributed by atoms with van der Waals surface area (Å²) in [5.41, 5.74) is 2.00. The Hall–Kier alpha value is -3.42. The van der Waals surface area contributed by atoms with E-state index in [1.165, 1.54) is 37.8 Å². The van der Waals surface area contributed by atoms with Gasteiger partial charge in [0.2, 0.25) is 0 Å². The van der Waals surface area contributed by atoms with E-state index in [0.717, 1.165) is 18.3 Å². The first-order chi connectivity index (χ1) is 16.5. The number of nitrogens with zero attached hydrogens (tertiary/aromatic N) is 3. The Kier molecular flexibility index (Phi) is 5.04. The topological polar surface area (TPSA) is 66.5 Å². The van der Waals surface area contributed by atoms with E-state index in [2.05, 4.69) is 27.2 Å². The van der Waals surface area contributed by atoms with Gasteiger partial charge in [0.1, 0.15) is 17.3 Å². The molecule has 3 fully saturated rings. The number of aromatic amines is 1. The lowest BCUT2D eigenvalue weighted by molar-refractivity contribution is 0.0928. The van der Waals surface area contributed by atoms with Crippen LogP contribution in [-0.4, -0.2) is 26.0 Å². The molecule has 0 saturated heterocycles. The average Bonchev–Trinajstić information content (AvgIpc) is 3.26. The van der Waals surface area contributed by atoms with Crippen molar-refractivity contribution in [1.82, 2.24) is 19.9 Å². The van der Waals surface area contributed by atoms with Crippen LogP contribution in [0.5, 0.6) is 0 Å². The van der Waals surface area contributed by atoms with Gasteiger partial charge in [-0.3, -0.25) is 0 Å². The highest BCUT2D eigenvalue weighted by atomic mass is 19.2. The van der Waals surface area contributed by atoms with Crippen molar-refractivity contribution in [2.24, 2.45) is 17.8 Å². The summed E-state index contributed by atoms with van der Waals surface area (Å²) in [6, 6.07) is 7.17. The third kappa shape index (κ3) is 3.61. The molecule has 0 aliphatic heterocycles. The van der Waals surface area contributed by atoms with Gasteiger partial charge in [0.15, 0.2) is 17.5 Å². The molecule has 0 spiro atoms. The predicted octanol–water partition coefficient (Wildman–Crippen LogP) is 6.34. The van der Waals surface area contributed by atoms with Crippen molar-refractivity contribution >= 4 is 16.9 Å². The minimum absolute atomic E-state index is 0.287. The van der Waals surface area contributed by atoms with Crippen LogP contribution in [0.4, 0.5) is 19.0 Å². The molecule has 34 heavy (non-hydrogen) atoms. The normalized spacial score (nSPS) is 24.0. The van der Waals surface area contributed by atoms with E-state index in [9.17, 15) is 13.2 Å². The monoisotopic (exact) mass is 463 g/mol. The van der Waals surface area contributed by atoms with Gasteiger partial charge in [-0.2, -0.15) is 0 Å². The zero-order chi connectivity index (χ0) is 23.4. The molecule has 1 aromatic carbocycles. The Bertz CT molecular complexity index is 1370. The predicted molar refractivity (Wildman–Crippen MR) is 124 cm³/mol. The van der Waals surface area contributed by atoms with E-state index in [1.807, 2.05) is 0 Å². The molecule has 2 N–H and O–H groups in total. The first-order valence-electron chi connectivity index (χ1n) is 11.7. The van der Waals surface area contributed by atoms with Crippen LogP contribution in [0.1, 0.15) is 32.6 Å². The van der Waals surface area contributed by atoms with E-state index >= 15 is 0 Å². The van der Waals surface area contributed by atoms with Gasteiger partial charge >= 0.3 is 0 Å². The fourth-order valence-corrected chi connectivity index (χ4v) is 5.78. The number of hydrogen-bond donors (Lipinski definition) is 2. The van der Waals surface area contributed by atoms with Crippen LogP contribution in [0.25, 0.3) is 33.7 Å². The number of anilines is 1. The summed E-state index contributed by atoms with van der Waals surface area (Å²) in [4.78, 5) is 16.5. The highest BCUT2D eigenvalue weighted by molar-refractivity contribution is 5.92. The standard InChI is InChI=1S/C26H24F3N5/c1-13-14-2-4-15(5-3-14)24(13)33-23-10-22(16-6-7-20(28)21(29)8-16)32-26(34-23)19-12-31-25-18(19)9-17(27)11-30-25/h6-15,24H,2-5H2,1H3,(H,30,31)(H,32,33,34). The smallest absolute Gasteiger partial charge is 0.164 e. The number of nitrogens with one attached hydrogen (secondary N) is 2. The average molecular weight is 464 g/mol. The lowest BCUT2D eigenvalue weighted by Crippen LogP contribution is -2.47. The molecule has 3 aliphatic rings. The van der Waals surface area contributed by atoms with Crippen molar-refractivity contribution in [3.05, 3.63) is 60.2 Å². The minimum atomic E-state index is -0.941. The number of aromatic nitrogens is 4. The fourth-order valence-electron chi connectivity index (χ4n) is 5.78. The SMILES string of the molecule is CC1C2CCC(CC2)C1Nc1cc(-c2ccc(F)c(F)c2)nc(-c2c[nH]c3ncc(F)cc23)n1. The van der Waals surface area contributed by atoms with Gasteiger partial charge in [0.05, 0.1) is 11.9 Å². The number of halogens is 3. The summed E-state index contributed by atoms with van der Waals surface area (Å²) in [6.45, 7) is 2.29. The quantitative estimate of drug-likeness (QED) is 0.371. The Labute approximate surface area is 194 Å². The Balaban J connectivity index is 1.47. The molecular formula is C26H24F3N5. The van der Waals surface area contributed by atoms with Gasteiger partial charge < -0.3 is 10.3 Å². The fraction of sp³-hybridized carbons (Fsp3) is 0.346. The third-order valence-corrected chi connectivity index (χ3v) is 7.63. The summed E-state index contributed by atoms with van der Waals surface area (Å²) in [5.74, 6) is 0.461. The molecule has 0 amide bonds. The second-order valence-corrected chi connectivity index (χ2v) is 9.55. The zero-order valence-corrected chi connectivity index (χ0v) is 18.7. The van der Waals surface area contributed by atoms with Crippen molar-refractivity contribution in [2.45, 2.75) is 38.6 Å².